The predicted octanol–water partition coefficient (Wildman–Crippen LogP) is 4.16. The summed E-state index contributed by atoms with van der Waals surface area (Å²) >= 11 is 5.85. The normalized spacial score (nSPS) is 10.6. The monoisotopic (exact) mass is 300 g/mol. The zero-order valence-corrected chi connectivity index (χ0v) is 12.1. The molecule has 0 saturated heterocycles. The van der Waals surface area contributed by atoms with E-state index in [4.69, 9.17) is 16.3 Å². The molecule has 0 aliphatic heterocycles. The van der Waals surface area contributed by atoms with Gasteiger partial charge in [0, 0.05) is 16.7 Å². The molecule has 0 amide bonds. The summed E-state index contributed by atoms with van der Waals surface area (Å²) in [4.78, 5) is 22.8. The van der Waals surface area contributed by atoms with Crippen molar-refractivity contribution in [3.8, 4) is 5.75 Å². The first-order valence-corrected chi connectivity index (χ1v) is 6.69. The molecule has 0 aliphatic carbocycles. The fraction of sp³-hybridized carbons (Fsp3) is 0.0588. The SMILES string of the molecule is CC(=O)c1ccc(OC(=O)C=Cc2cccc(Cl)c2)cc1. The molecule has 4 heteroatoms. The maximum atomic E-state index is 11.7. The van der Waals surface area contributed by atoms with Crippen molar-refractivity contribution in [1.29, 1.82) is 0 Å². The van der Waals surface area contributed by atoms with Crippen LogP contribution in [0.3, 0.4) is 0 Å². The first kappa shape index (κ1) is 15.0. The van der Waals surface area contributed by atoms with Crippen molar-refractivity contribution >= 4 is 29.4 Å². The van der Waals surface area contributed by atoms with E-state index in [-0.39, 0.29) is 5.78 Å². The minimum absolute atomic E-state index is 0.0336. The van der Waals surface area contributed by atoms with Gasteiger partial charge in [-0.15, -0.1) is 0 Å². The summed E-state index contributed by atoms with van der Waals surface area (Å²) in [5.74, 6) is -0.139. The molecule has 0 aliphatic rings. The Labute approximate surface area is 127 Å². The summed E-state index contributed by atoms with van der Waals surface area (Å²) < 4.78 is 5.13. The van der Waals surface area contributed by atoms with Crippen LogP contribution in [0.15, 0.2) is 54.6 Å². The van der Waals surface area contributed by atoms with Crippen molar-refractivity contribution in [1.82, 2.24) is 0 Å². The molecule has 0 aromatic heterocycles. The Morgan fingerprint density at radius 1 is 1.10 bits per heavy atom. The van der Waals surface area contributed by atoms with Gasteiger partial charge in [-0.1, -0.05) is 23.7 Å². The van der Waals surface area contributed by atoms with Crippen LogP contribution in [0.4, 0.5) is 0 Å². The summed E-state index contributed by atoms with van der Waals surface area (Å²) in [6.07, 6.45) is 2.95. The number of carbonyl (C=O) groups is 2. The molecule has 0 radical (unpaired) electrons. The second kappa shape index (κ2) is 6.86. The molecule has 0 unspecified atom stereocenters. The molecule has 21 heavy (non-hydrogen) atoms. The van der Waals surface area contributed by atoms with E-state index >= 15 is 0 Å². The Kier molecular flexibility index (Phi) is 4.90. The molecule has 0 atom stereocenters. The number of benzene rings is 2. The summed E-state index contributed by atoms with van der Waals surface area (Å²) in [5, 5.41) is 0.602. The third-order valence-corrected chi connectivity index (χ3v) is 2.97. The number of esters is 1. The lowest BCUT2D eigenvalue weighted by molar-refractivity contribution is -0.128. The van der Waals surface area contributed by atoms with Crippen LogP contribution in [-0.2, 0) is 4.79 Å². The number of hydrogen-bond acceptors (Lipinski definition) is 3. The summed E-state index contributed by atoms with van der Waals surface area (Å²) in [7, 11) is 0. The average molecular weight is 301 g/mol. The zero-order valence-electron chi connectivity index (χ0n) is 11.4. The molecule has 3 nitrogen and oxygen atoms in total. The number of carbonyl (C=O) groups excluding carboxylic acids is 2. The molecule has 2 aromatic rings. The van der Waals surface area contributed by atoms with E-state index in [9.17, 15) is 9.59 Å². The second-order valence-electron chi connectivity index (χ2n) is 4.39. The van der Waals surface area contributed by atoms with E-state index in [2.05, 4.69) is 0 Å². The Balaban J connectivity index is 1.99. The van der Waals surface area contributed by atoms with Gasteiger partial charge in [-0.25, -0.2) is 4.79 Å². The fourth-order valence-corrected chi connectivity index (χ4v) is 1.88. The molecule has 2 aromatic carbocycles. The van der Waals surface area contributed by atoms with Gasteiger partial charge in [0.1, 0.15) is 5.75 Å². The van der Waals surface area contributed by atoms with E-state index in [0.717, 1.165) is 5.56 Å². The Morgan fingerprint density at radius 3 is 2.43 bits per heavy atom. The molecule has 2 rings (SSSR count). The van der Waals surface area contributed by atoms with E-state index in [1.165, 1.54) is 13.0 Å². The van der Waals surface area contributed by atoms with Crippen molar-refractivity contribution in [2.75, 3.05) is 0 Å². The Morgan fingerprint density at radius 2 is 1.81 bits per heavy atom. The fourth-order valence-electron chi connectivity index (χ4n) is 1.68. The molecular weight excluding hydrogens is 288 g/mol. The smallest absolute Gasteiger partial charge is 0.336 e. The lowest BCUT2D eigenvalue weighted by Crippen LogP contribution is -2.03. The standard InChI is InChI=1S/C17H13ClO3/c1-12(19)14-6-8-16(9-7-14)21-17(20)10-5-13-3-2-4-15(18)11-13/h2-11H,1H3. The number of halogens is 1. The van der Waals surface area contributed by atoms with Crippen LogP contribution in [0, 0.1) is 0 Å². The average Bonchev–Trinajstić information content (AvgIpc) is 2.46. The van der Waals surface area contributed by atoms with Crippen molar-refractivity contribution in [2.24, 2.45) is 0 Å². The number of hydrogen-bond donors (Lipinski definition) is 0. The largest absolute Gasteiger partial charge is 0.423 e. The predicted molar refractivity (Wildman–Crippen MR) is 82.6 cm³/mol. The minimum atomic E-state index is -0.495. The van der Waals surface area contributed by atoms with Gasteiger partial charge in [0.2, 0.25) is 0 Å². The van der Waals surface area contributed by atoms with Crippen LogP contribution in [0.5, 0.6) is 5.75 Å². The van der Waals surface area contributed by atoms with Gasteiger partial charge in [0.05, 0.1) is 0 Å². The van der Waals surface area contributed by atoms with Gasteiger partial charge in [-0.05, 0) is 55.0 Å². The van der Waals surface area contributed by atoms with Crippen LogP contribution >= 0.6 is 11.6 Å². The van der Waals surface area contributed by atoms with Crippen LogP contribution in [0.2, 0.25) is 5.02 Å². The van der Waals surface area contributed by atoms with E-state index in [0.29, 0.717) is 16.3 Å². The lowest BCUT2D eigenvalue weighted by atomic mass is 10.1. The summed E-state index contributed by atoms with van der Waals surface area (Å²) in [6.45, 7) is 1.48. The Hall–Kier alpha value is -2.39. The van der Waals surface area contributed by atoms with Crippen LogP contribution in [0.1, 0.15) is 22.8 Å². The van der Waals surface area contributed by atoms with Crippen LogP contribution in [-0.4, -0.2) is 11.8 Å². The highest BCUT2D eigenvalue weighted by Crippen LogP contribution is 2.14. The second-order valence-corrected chi connectivity index (χ2v) is 4.83. The zero-order chi connectivity index (χ0) is 15.2. The van der Waals surface area contributed by atoms with Crippen molar-refractivity contribution in [3.05, 3.63) is 70.8 Å². The summed E-state index contributed by atoms with van der Waals surface area (Å²) in [5.41, 5.74) is 1.38. The first-order chi connectivity index (χ1) is 10.0. The topological polar surface area (TPSA) is 43.4 Å². The van der Waals surface area contributed by atoms with Gasteiger partial charge >= 0.3 is 5.97 Å². The van der Waals surface area contributed by atoms with E-state index in [1.807, 2.05) is 6.07 Å². The molecular formula is C17H13ClO3. The molecule has 0 heterocycles. The lowest BCUT2D eigenvalue weighted by Gasteiger charge is -2.02. The minimum Gasteiger partial charge on any atom is -0.423 e. The van der Waals surface area contributed by atoms with E-state index < -0.39 is 5.97 Å². The molecule has 106 valence electrons. The van der Waals surface area contributed by atoms with Crippen molar-refractivity contribution in [3.63, 3.8) is 0 Å². The molecule has 0 bridgehead atoms. The van der Waals surface area contributed by atoms with Gasteiger partial charge < -0.3 is 4.74 Å². The quantitative estimate of drug-likeness (QED) is 0.368. The highest BCUT2D eigenvalue weighted by Gasteiger charge is 2.03. The molecule has 0 spiro atoms. The number of Topliss-reactive ketones (excluding diaryl/α,β-unsaturated/α-hetero) is 1. The van der Waals surface area contributed by atoms with E-state index in [1.54, 1.807) is 48.5 Å². The maximum Gasteiger partial charge on any atom is 0.336 e. The third kappa shape index (κ3) is 4.58. The van der Waals surface area contributed by atoms with Gasteiger partial charge in [-0.2, -0.15) is 0 Å². The third-order valence-electron chi connectivity index (χ3n) is 2.74. The number of rotatable bonds is 4. The molecule has 0 fully saturated rings. The number of ether oxygens (including phenoxy) is 1. The summed E-state index contributed by atoms with van der Waals surface area (Å²) in [6, 6.07) is 13.5. The van der Waals surface area contributed by atoms with Crippen LogP contribution in [0.25, 0.3) is 6.08 Å². The molecule has 0 N–H and O–H groups in total. The maximum absolute atomic E-state index is 11.7. The van der Waals surface area contributed by atoms with Gasteiger partial charge in [-0.3, -0.25) is 4.79 Å². The first-order valence-electron chi connectivity index (χ1n) is 6.31. The number of ketones is 1. The highest BCUT2D eigenvalue weighted by molar-refractivity contribution is 6.30. The van der Waals surface area contributed by atoms with Crippen LogP contribution < -0.4 is 4.74 Å². The highest BCUT2D eigenvalue weighted by atomic mass is 35.5. The van der Waals surface area contributed by atoms with Gasteiger partial charge in [0.25, 0.3) is 0 Å². The Bertz CT molecular complexity index is 687. The van der Waals surface area contributed by atoms with Crippen molar-refractivity contribution in [2.45, 2.75) is 6.92 Å². The van der Waals surface area contributed by atoms with Gasteiger partial charge in [0.15, 0.2) is 5.78 Å². The molecule has 0 saturated carbocycles. The van der Waals surface area contributed by atoms with Crippen molar-refractivity contribution < 1.29 is 14.3 Å².